The van der Waals surface area contributed by atoms with Crippen LogP contribution in [0.3, 0.4) is 0 Å². The molecule has 0 spiro atoms. The molecule has 0 aliphatic carbocycles. The topological polar surface area (TPSA) is 45.0 Å². The van der Waals surface area contributed by atoms with Crippen molar-refractivity contribution in [1.82, 2.24) is 5.32 Å². The lowest BCUT2D eigenvalue weighted by Crippen LogP contribution is -2.18. The van der Waals surface area contributed by atoms with Crippen molar-refractivity contribution in [2.24, 2.45) is 0 Å². The van der Waals surface area contributed by atoms with E-state index in [1.807, 2.05) is 42.5 Å². The second kappa shape index (κ2) is 7.82. The predicted octanol–water partition coefficient (Wildman–Crippen LogP) is 4.20. The quantitative estimate of drug-likeness (QED) is 0.853. The standard InChI is InChI=1S/C17H17BrN2O/c1-13(14-5-3-2-4-6-14)20-12-15-11-16(18)7-8-17(15)21-10-9-19/h2-8,11,13,20H,10,12H2,1H3. The number of ether oxygens (including phenoxy) is 1. The van der Waals surface area contributed by atoms with Gasteiger partial charge in [-0.25, -0.2) is 0 Å². The van der Waals surface area contributed by atoms with Gasteiger partial charge in [-0.2, -0.15) is 5.26 Å². The first-order valence-corrected chi connectivity index (χ1v) is 7.56. The maximum Gasteiger partial charge on any atom is 0.174 e. The number of halogens is 1. The van der Waals surface area contributed by atoms with E-state index >= 15 is 0 Å². The molecule has 0 fully saturated rings. The third kappa shape index (κ3) is 4.59. The summed E-state index contributed by atoms with van der Waals surface area (Å²) in [7, 11) is 0. The summed E-state index contributed by atoms with van der Waals surface area (Å²) < 4.78 is 6.45. The number of nitrogens with zero attached hydrogens (tertiary/aromatic N) is 1. The van der Waals surface area contributed by atoms with Gasteiger partial charge in [0.1, 0.15) is 11.8 Å². The van der Waals surface area contributed by atoms with E-state index in [-0.39, 0.29) is 12.6 Å². The van der Waals surface area contributed by atoms with Crippen LogP contribution in [0.25, 0.3) is 0 Å². The van der Waals surface area contributed by atoms with Gasteiger partial charge in [-0.3, -0.25) is 0 Å². The lowest BCUT2D eigenvalue weighted by molar-refractivity contribution is 0.361. The molecule has 1 N–H and O–H groups in total. The summed E-state index contributed by atoms with van der Waals surface area (Å²) in [6.07, 6.45) is 0. The van der Waals surface area contributed by atoms with Crippen LogP contribution < -0.4 is 10.1 Å². The van der Waals surface area contributed by atoms with Gasteiger partial charge in [-0.05, 0) is 30.7 Å². The van der Waals surface area contributed by atoms with Gasteiger partial charge in [-0.15, -0.1) is 0 Å². The largest absolute Gasteiger partial charge is 0.478 e. The normalized spacial score (nSPS) is 11.7. The van der Waals surface area contributed by atoms with Gasteiger partial charge in [0.15, 0.2) is 6.61 Å². The van der Waals surface area contributed by atoms with Crippen molar-refractivity contribution >= 4 is 15.9 Å². The average Bonchev–Trinajstić information content (AvgIpc) is 2.52. The van der Waals surface area contributed by atoms with Gasteiger partial charge < -0.3 is 10.1 Å². The molecule has 0 amide bonds. The average molecular weight is 345 g/mol. The van der Waals surface area contributed by atoms with Crippen LogP contribution >= 0.6 is 15.9 Å². The Labute approximate surface area is 133 Å². The van der Waals surface area contributed by atoms with E-state index in [2.05, 4.69) is 40.3 Å². The molecule has 0 aliphatic heterocycles. The molecule has 3 nitrogen and oxygen atoms in total. The molecule has 0 saturated carbocycles. The number of benzene rings is 2. The van der Waals surface area contributed by atoms with Crippen LogP contribution in [0.4, 0.5) is 0 Å². The fourth-order valence-corrected chi connectivity index (χ4v) is 2.47. The highest BCUT2D eigenvalue weighted by Gasteiger charge is 2.08. The van der Waals surface area contributed by atoms with Crippen LogP contribution in [0, 0.1) is 11.3 Å². The van der Waals surface area contributed by atoms with Crippen molar-refractivity contribution < 1.29 is 4.74 Å². The molecule has 0 saturated heterocycles. The molecule has 2 aromatic carbocycles. The SMILES string of the molecule is CC(NCc1cc(Br)ccc1OCC#N)c1ccccc1. The molecule has 0 radical (unpaired) electrons. The Kier molecular flexibility index (Phi) is 5.79. The van der Waals surface area contributed by atoms with E-state index in [0.717, 1.165) is 15.8 Å². The number of rotatable bonds is 6. The summed E-state index contributed by atoms with van der Waals surface area (Å²) in [5, 5.41) is 12.1. The summed E-state index contributed by atoms with van der Waals surface area (Å²) in [4.78, 5) is 0. The Morgan fingerprint density at radius 2 is 2.00 bits per heavy atom. The van der Waals surface area contributed by atoms with Crippen LogP contribution in [0.5, 0.6) is 5.75 Å². The van der Waals surface area contributed by atoms with E-state index in [4.69, 9.17) is 10.00 Å². The highest BCUT2D eigenvalue weighted by molar-refractivity contribution is 9.10. The maximum atomic E-state index is 8.64. The Bertz CT molecular complexity index is 622. The highest BCUT2D eigenvalue weighted by atomic mass is 79.9. The zero-order chi connectivity index (χ0) is 15.1. The van der Waals surface area contributed by atoms with Crippen LogP contribution in [0.2, 0.25) is 0 Å². The highest BCUT2D eigenvalue weighted by Crippen LogP contribution is 2.24. The second-order valence-corrected chi connectivity index (χ2v) is 5.63. The van der Waals surface area contributed by atoms with E-state index in [9.17, 15) is 0 Å². The predicted molar refractivity (Wildman–Crippen MR) is 86.9 cm³/mol. The van der Waals surface area contributed by atoms with Crippen LogP contribution in [0.15, 0.2) is 53.0 Å². The lowest BCUT2D eigenvalue weighted by atomic mass is 10.1. The molecule has 0 bridgehead atoms. The molecule has 108 valence electrons. The smallest absolute Gasteiger partial charge is 0.174 e. The minimum absolute atomic E-state index is 0.0584. The van der Waals surface area contributed by atoms with E-state index in [1.165, 1.54) is 5.56 Å². The molecular weight excluding hydrogens is 328 g/mol. The zero-order valence-corrected chi connectivity index (χ0v) is 13.4. The van der Waals surface area contributed by atoms with Crippen molar-refractivity contribution in [2.75, 3.05) is 6.61 Å². The first-order chi connectivity index (χ1) is 10.2. The molecule has 21 heavy (non-hydrogen) atoms. The minimum Gasteiger partial charge on any atom is -0.478 e. The zero-order valence-electron chi connectivity index (χ0n) is 11.8. The fraction of sp³-hybridized carbons (Fsp3) is 0.235. The molecule has 0 aromatic heterocycles. The molecule has 2 aromatic rings. The van der Waals surface area contributed by atoms with Crippen molar-refractivity contribution in [3.63, 3.8) is 0 Å². The van der Waals surface area contributed by atoms with Crippen LogP contribution in [-0.2, 0) is 6.54 Å². The molecule has 0 heterocycles. The number of nitriles is 1. The van der Waals surface area contributed by atoms with Gasteiger partial charge in [0.25, 0.3) is 0 Å². The number of nitrogens with one attached hydrogen (secondary N) is 1. The third-order valence-electron chi connectivity index (χ3n) is 3.21. The summed E-state index contributed by atoms with van der Waals surface area (Å²) in [6, 6.07) is 18.3. The lowest BCUT2D eigenvalue weighted by Gasteiger charge is -2.16. The van der Waals surface area contributed by atoms with E-state index in [0.29, 0.717) is 6.54 Å². The van der Waals surface area contributed by atoms with Gasteiger partial charge in [0.05, 0.1) is 0 Å². The van der Waals surface area contributed by atoms with E-state index < -0.39 is 0 Å². The van der Waals surface area contributed by atoms with Gasteiger partial charge >= 0.3 is 0 Å². The summed E-state index contributed by atoms with van der Waals surface area (Å²) in [5.74, 6) is 0.743. The van der Waals surface area contributed by atoms with Crippen molar-refractivity contribution in [3.8, 4) is 11.8 Å². The molecule has 1 atom stereocenters. The Morgan fingerprint density at radius 1 is 1.24 bits per heavy atom. The monoisotopic (exact) mass is 344 g/mol. The van der Waals surface area contributed by atoms with Crippen molar-refractivity contribution in [3.05, 3.63) is 64.1 Å². The Morgan fingerprint density at radius 3 is 2.71 bits per heavy atom. The summed E-state index contributed by atoms with van der Waals surface area (Å²) >= 11 is 3.47. The first-order valence-electron chi connectivity index (χ1n) is 6.77. The Balaban J connectivity index is 2.05. The third-order valence-corrected chi connectivity index (χ3v) is 3.71. The number of hydrogen-bond acceptors (Lipinski definition) is 3. The number of hydrogen-bond donors (Lipinski definition) is 1. The van der Waals surface area contributed by atoms with Crippen LogP contribution in [-0.4, -0.2) is 6.61 Å². The first kappa shape index (κ1) is 15.6. The fourth-order valence-electron chi connectivity index (χ4n) is 2.06. The molecule has 0 aliphatic rings. The van der Waals surface area contributed by atoms with Gasteiger partial charge in [-0.1, -0.05) is 46.3 Å². The van der Waals surface area contributed by atoms with Crippen molar-refractivity contribution in [2.45, 2.75) is 19.5 Å². The molecular formula is C17H17BrN2O. The summed E-state index contributed by atoms with van der Waals surface area (Å²) in [5.41, 5.74) is 2.27. The second-order valence-electron chi connectivity index (χ2n) is 4.71. The van der Waals surface area contributed by atoms with Crippen molar-refractivity contribution in [1.29, 1.82) is 5.26 Å². The van der Waals surface area contributed by atoms with Crippen LogP contribution in [0.1, 0.15) is 24.1 Å². The molecule has 4 heteroatoms. The van der Waals surface area contributed by atoms with Gasteiger partial charge in [0.2, 0.25) is 0 Å². The molecule has 1 unspecified atom stereocenters. The van der Waals surface area contributed by atoms with E-state index in [1.54, 1.807) is 0 Å². The van der Waals surface area contributed by atoms with Gasteiger partial charge in [0, 0.05) is 22.6 Å². The summed E-state index contributed by atoms with van der Waals surface area (Å²) in [6.45, 7) is 2.86. The Hall–Kier alpha value is -1.83. The minimum atomic E-state index is 0.0584. The molecule has 2 rings (SSSR count). The maximum absolute atomic E-state index is 8.64.